The Morgan fingerprint density at radius 2 is 2.16 bits per heavy atom. The Hall–Kier alpha value is -2.21. The number of H-pyrrole nitrogens is 1. The van der Waals surface area contributed by atoms with Gasteiger partial charge in [0.25, 0.3) is 0 Å². The van der Waals surface area contributed by atoms with E-state index in [1.807, 2.05) is 24.3 Å². The number of guanidine groups is 1. The van der Waals surface area contributed by atoms with E-state index in [9.17, 15) is 4.79 Å². The van der Waals surface area contributed by atoms with Crippen molar-refractivity contribution in [2.45, 2.75) is 6.92 Å². The average Bonchev–Trinajstić information content (AvgIpc) is 2.68. The molecule has 0 aliphatic carbocycles. The van der Waals surface area contributed by atoms with Crippen molar-refractivity contribution < 1.29 is 9.53 Å². The Kier molecular flexibility index (Phi) is 4.77. The quantitative estimate of drug-likeness (QED) is 0.393. The second-order valence-corrected chi connectivity index (χ2v) is 3.68. The van der Waals surface area contributed by atoms with Gasteiger partial charge in [-0.05, 0) is 13.0 Å². The largest absolute Gasteiger partial charge is 0.461 e. The van der Waals surface area contributed by atoms with Gasteiger partial charge in [0.1, 0.15) is 5.69 Å². The van der Waals surface area contributed by atoms with Crippen molar-refractivity contribution in [3.05, 3.63) is 30.0 Å². The van der Waals surface area contributed by atoms with E-state index in [0.29, 0.717) is 5.69 Å². The van der Waals surface area contributed by atoms with Crippen LogP contribution in [-0.2, 0) is 4.74 Å². The third-order valence-corrected chi connectivity index (χ3v) is 2.45. The van der Waals surface area contributed by atoms with Gasteiger partial charge in [0.05, 0.1) is 12.3 Å². The van der Waals surface area contributed by atoms with Gasteiger partial charge in [-0.1, -0.05) is 18.2 Å². The number of hydrogen-bond acceptors (Lipinski definition) is 3. The molecule has 0 radical (unpaired) electrons. The number of nitrogens with one attached hydrogen (secondary N) is 3. The van der Waals surface area contributed by atoms with Crippen LogP contribution in [0.25, 0.3) is 10.9 Å². The van der Waals surface area contributed by atoms with Crippen LogP contribution >= 0.6 is 12.4 Å². The average molecular weight is 283 g/mol. The van der Waals surface area contributed by atoms with E-state index in [1.54, 1.807) is 6.92 Å². The van der Waals surface area contributed by atoms with Crippen molar-refractivity contribution in [3.8, 4) is 0 Å². The maximum Gasteiger partial charge on any atom is 0.356 e. The minimum absolute atomic E-state index is 0. The molecule has 0 aliphatic heterocycles. The molecule has 0 saturated heterocycles. The summed E-state index contributed by atoms with van der Waals surface area (Å²) in [4.78, 5) is 14.8. The van der Waals surface area contributed by atoms with Crippen molar-refractivity contribution in [1.29, 1.82) is 5.41 Å². The predicted molar refractivity (Wildman–Crippen MR) is 77.0 cm³/mol. The van der Waals surface area contributed by atoms with Crippen LogP contribution in [0.3, 0.4) is 0 Å². The van der Waals surface area contributed by atoms with Crippen molar-refractivity contribution in [2.75, 3.05) is 11.9 Å². The van der Waals surface area contributed by atoms with Crippen LogP contribution in [0.1, 0.15) is 17.4 Å². The smallest absolute Gasteiger partial charge is 0.356 e. The third kappa shape index (κ3) is 2.97. The third-order valence-electron chi connectivity index (χ3n) is 2.45. The Bertz CT molecular complexity index is 609. The summed E-state index contributed by atoms with van der Waals surface area (Å²) in [7, 11) is 0. The van der Waals surface area contributed by atoms with E-state index in [1.165, 1.54) is 0 Å². The maximum atomic E-state index is 11.8. The second-order valence-electron chi connectivity index (χ2n) is 3.68. The standard InChI is InChI=1S/C12H14N4O2.ClH/c1-2-18-11(17)10-9(16-12(13)14)7-5-3-4-6-8(7)15-10;/h3-6,15H,2H2,1H3,(H4,13,14,16);1H. The van der Waals surface area contributed by atoms with Crippen LogP contribution in [0.15, 0.2) is 24.3 Å². The normalized spacial score (nSPS) is 9.74. The van der Waals surface area contributed by atoms with E-state index in [0.717, 1.165) is 10.9 Å². The first-order valence-corrected chi connectivity index (χ1v) is 5.52. The summed E-state index contributed by atoms with van der Waals surface area (Å²) in [6, 6.07) is 7.37. The molecule has 0 saturated carbocycles. The first-order valence-electron chi connectivity index (χ1n) is 5.52. The summed E-state index contributed by atoms with van der Waals surface area (Å²) >= 11 is 0. The second kappa shape index (κ2) is 6.10. The molecular weight excluding hydrogens is 268 g/mol. The number of anilines is 1. The SMILES string of the molecule is CCOC(=O)c1[nH]c2ccccc2c1NC(=N)N.Cl. The minimum Gasteiger partial charge on any atom is -0.461 e. The van der Waals surface area contributed by atoms with E-state index in [-0.39, 0.29) is 30.7 Å². The Morgan fingerprint density at radius 3 is 2.79 bits per heavy atom. The zero-order valence-corrected chi connectivity index (χ0v) is 11.1. The lowest BCUT2D eigenvalue weighted by Crippen LogP contribution is -2.22. The fourth-order valence-corrected chi connectivity index (χ4v) is 1.76. The van der Waals surface area contributed by atoms with Crippen LogP contribution in [0, 0.1) is 5.41 Å². The van der Waals surface area contributed by atoms with Gasteiger partial charge in [0.2, 0.25) is 0 Å². The molecule has 2 aromatic rings. The lowest BCUT2D eigenvalue weighted by Gasteiger charge is -2.05. The molecule has 1 aromatic heterocycles. The van der Waals surface area contributed by atoms with Crippen LogP contribution in [0.4, 0.5) is 5.69 Å². The minimum atomic E-state index is -0.475. The highest BCUT2D eigenvalue weighted by atomic mass is 35.5. The number of aromatic amines is 1. The van der Waals surface area contributed by atoms with Gasteiger partial charge in [-0.25, -0.2) is 4.79 Å². The van der Waals surface area contributed by atoms with E-state index in [4.69, 9.17) is 15.9 Å². The van der Waals surface area contributed by atoms with Crippen molar-refractivity contribution >= 4 is 40.9 Å². The molecule has 7 heteroatoms. The van der Waals surface area contributed by atoms with E-state index >= 15 is 0 Å². The van der Waals surface area contributed by atoms with Gasteiger partial charge in [-0.3, -0.25) is 5.41 Å². The van der Waals surface area contributed by atoms with Gasteiger partial charge in [0, 0.05) is 10.9 Å². The number of halogens is 1. The number of carbonyl (C=O) groups excluding carboxylic acids is 1. The van der Waals surface area contributed by atoms with Gasteiger partial charge in [-0.2, -0.15) is 0 Å². The van der Waals surface area contributed by atoms with Gasteiger partial charge in [0.15, 0.2) is 5.96 Å². The highest BCUT2D eigenvalue weighted by Gasteiger charge is 2.18. The number of hydrogen-bond donors (Lipinski definition) is 4. The number of fused-ring (bicyclic) bond motifs is 1. The lowest BCUT2D eigenvalue weighted by molar-refractivity contribution is 0.0522. The number of esters is 1. The van der Waals surface area contributed by atoms with Crippen LogP contribution < -0.4 is 11.1 Å². The molecule has 0 amide bonds. The fraction of sp³-hybridized carbons (Fsp3) is 0.167. The molecule has 1 heterocycles. The van der Waals surface area contributed by atoms with Crippen molar-refractivity contribution in [2.24, 2.45) is 5.73 Å². The zero-order valence-electron chi connectivity index (χ0n) is 10.3. The Balaban J connectivity index is 0.00000180. The lowest BCUT2D eigenvalue weighted by atomic mass is 10.2. The van der Waals surface area contributed by atoms with Gasteiger partial charge in [-0.15, -0.1) is 12.4 Å². The summed E-state index contributed by atoms with van der Waals surface area (Å²) in [6.07, 6.45) is 0. The summed E-state index contributed by atoms with van der Waals surface area (Å²) in [6.45, 7) is 2.02. The summed E-state index contributed by atoms with van der Waals surface area (Å²) in [5.41, 5.74) is 6.85. The zero-order chi connectivity index (χ0) is 13.1. The van der Waals surface area contributed by atoms with E-state index in [2.05, 4.69) is 10.3 Å². The van der Waals surface area contributed by atoms with Crippen LogP contribution in [0.2, 0.25) is 0 Å². The summed E-state index contributed by atoms with van der Waals surface area (Å²) in [5.74, 6) is -0.706. The topological polar surface area (TPSA) is 104 Å². The molecule has 0 unspecified atom stereocenters. The van der Waals surface area contributed by atoms with Crippen molar-refractivity contribution in [1.82, 2.24) is 4.98 Å². The number of rotatable bonds is 3. The molecule has 19 heavy (non-hydrogen) atoms. The highest BCUT2D eigenvalue weighted by molar-refractivity contribution is 6.10. The first-order chi connectivity index (χ1) is 8.63. The fourth-order valence-electron chi connectivity index (χ4n) is 1.76. The Labute approximate surface area is 116 Å². The molecule has 2 rings (SSSR count). The molecular formula is C12H15ClN4O2. The van der Waals surface area contributed by atoms with E-state index < -0.39 is 5.97 Å². The van der Waals surface area contributed by atoms with Gasteiger partial charge < -0.3 is 20.8 Å². The molecule has 0 bridgehead atoms. The monoisotopic (exact) mass is 282 g/mol. The molecule has 5 N–H and O–H groups in total. The van der Waals surface area contributed by atoms with Crippen LogP contribution in [-0.4, -0.2) is 23.5 Å². The number of carbonyl (C=O) groups is 1. The number of para-hydroxylation sites is 1. The van der Waals surface area contributed by atoms with Crippen molar-refractivity contribution in [3.63, 3.8) is 0 Å². The molecule has 0 spiro atoms. The number of aromatic nitrogens is 1. The summed E-state index contributed by atoms with van der Waals surface area (Å²) in [5, 5.41) is 10.7. The predicted octanol–water partition coefficient (Wildman–Crippen LogP) is 2.07. The molecule has 1 aromatic carbocycles. The summed E-state index contributed by atoms with van der Waals surface area (Å²) < 4.78 is 4.96. The molecule has 6 nitrogen and oxygen atoms in total. The Morgan fingerprint density at radius 1 is 1.47 bits per heavy atom. The number of benzene rings is 1. The molecule has 0 fully saturated rings. The maximum absolute atomic E-state index is 11.8. The highest BCUT2D eigenvalue weighted by Crippen LogP contribution is 2.27. The van der Waals surface area contributed by atoms with Gasteiger partial charge >= 0.3 is 5.97 Å². The first kappa shape index (κ1) is 14.8. The molecule has 0 aliphatic rings. The number of nitrogens with two attached hydrogens (primary N) is 1. The number of ether oxygens (including phenoxy) is 1. The van der Waals surface area contributed by atoms with Crippen LogP contribution in [0.5, 0.6) is 0 Å². The molecule has 102 valence electrons. The molecule has 0 atom stereocenters.